The lowest BCUT2D eigenvalue weighted by molar-refractivity contribution is 0.427. The Morgan fingerprint density at radius 1 is 1.11 bits per heavy atom. The first-order valence-corrected chi connectivity index (χ1v) is 7.30. The maximum absolute atomic E-state index is 13.0. The maximum Gasteiger partial charge on any atom is 0.123 e. The highest BCUT2D eigenvalue weighted by atomic mass is 19.1. The van der Waals surface area contributed by atoms with E-state index in [0.29, 0.717) is 0 Å². The average molecular weight is 249 g/mol. The Bertz CT molecular complexity index is 343. The van der Waals surface area contributed by atoms with Crippen LogP contribution in [0, 0.1) is 11.7 Å². The van der Waals surface area contributed by atoms with Crippen LogP contribution in [0.4, 0.5) is 4.39 Å². The molecule has 0 heterocycles. The normalized spacial score (nSPS) is 17.6. The molecular weight excluding hydrogens is 225 g/mol. The van der Waals surface area contributed by atoms with Gasteiger partial charge in [0, 0.05) is 0 Å². The van der Waals surface area contributed by atoms with Crippen LogP contribution in [-0.4, -0.2) is 13.1 Å². The summed E-state index contributed by atoms with van der Waals surface area (Å²) in [5.74, 6) is 0.733. The first kappa shape index (κ1) is 13.5. The van der Waals surface area contributed by atoms with E-state index in [1.807, 2.05) is 6.07 Å². The van der Waals surface area contributed by atoms with Crippen molar-refractivity contribution < 1.29 is 4.39 Å². The Kier molecular flexibility index (Phi) is 5.66. The summed E-state index contributed by atoms with van der Waals surface area (Å²) in [5.41, 5.74) is 1.09. The third-order valence-electron chi connectivity index (χ3n) is 3.89. The van der Waals surface area contributed by atoms with Crippen molar-refractivity contribution in [1.29, 1.82) is 0 Å². The molecule has 1 aromatic carbocycles. The van der Waals surface area contributed by atoms with Crippen LogP contribution in [-0.2, 0) is 6.42 Å². The third-order valence-corrected chi connectivity index (χ3v) is 3.89. The number of halogens is 1. The molecule has 1 aliphatic rings. The van der Waals surface area contributed by atoms with E-state index in [2.05, 4.69) is 5.32 Å². The number of nitrogens with one attached hydrogen (secondary N) is 1. The second-order valence-electron chi connectivity index (χ2n) is 5.44. The Morgan fingerprint density at radius 2 is 1.89 bits per heavy atom. The van der Waals surface area contributed by atoms with Gasteiger partial charge in [0.15, 0.2) is 0 Å². The molecule has 2 heteroatoms. The molecule has 2 rings (SSSR count). The van der Waals surface area contributed by atoms with Gasteiger partial charge in [-0.3, -0.25) is 0 Å². The molecule has 0 unspecified atom stereocenters. The summed E-state index contributed by atoms with van der Waals surface area (Å²) >= 11 is 0. The van der Waals surface area contributed by atoms with Gasteiger partial charge in [-0.05, 0) is 56.0 Å². The van der Waals surface area contributed by atoms with Crippen molar-refractivity contribution in [2.24, 2.45) is 5.92 Å². The minimum absolute atomic E-state index is 0.128. The highest BCUT2D eigenvalue weighted by Crippen LogP contribution is 2.21. The van der Waals surface area contributed by atoms with Crippen LogP contribution in [0.25, 0.3) is 0 Å². The fraction of sp³-hybridized carbons (Fsp3) is 0.625. The van der Waals surface area contributed by atoms with Gasteiger partial charge in [-0.2, -0.15) is 0 Å². The molecule has 1 nitrogen and oxygen atoms in total. The highest BCUT2D eigenvalue weighted by molar-refractivity contribution is 5.16. The molecule has 0 spiro atoms. The van der Waals surface area contributed by atoms with Crippen molar-refractivity contribution in [1.82, 2.24) is 5.32 Å². The van der Waals surface area contributed by atoms with Crippen LogP contribution in [0.5, 0.6) is 0 Å². The van der Waals surface area contributed by atoms with Gasteiger partial charge in [0.25, 0.3) is 0 Å². The van der Waals surface area contributed by atoms with E-state index in [9.17, 15) is 4.39 Å². The van der Waals surface area contributed by atoms with Crippen LogP contribution in [0.3, 0.4) is 0 Å². The fourth-order valence-electron chi connectivity index (χ4n) is 2.80. The van der Waals surface area contributed by atoms with Gasteiger partial charge in [0.2, 0.25) is 0 Å². The predicted molar refractivity (Wildman–Crippen MR) is 74.2 cm³/mol. The molecule has 100 valence electrons. The monoisotopic (exact) mass is 249 g/mol. The van der Waals surface area contributed by atoms with Crippen molar-refractivity contribution in [2.75, 3.05) is 13.1 Å². The Balaban J connectivity index is 1.63. The summed E-state index contributed by atoms with van der Waals surface area (Å²) < 4.78 is 13.0. The minimum Gasteiger partial charge on any atom is -0.316 e. The minimum atomic E-state index is -0.128. The molecular formula is C16H24FN. The first-order chi connectivity index (χ1) is 8.84. The second kappa shape index (κ2) is 7.52. The molecule has 0 radical (unpaired) electrons. The van der Waals surface area contributed by atoms with Crippen molar-refractivity contribution in [2.45, 2.75) is 44.9 Å². The molecule has 0 bridgehead atoms. The number of hydrogen-bond donors (Lipinski definition) is 1. The molecule has 0 atom stereocenters. The molecule has 1 saturated carbocycles. The average Bonchev–Trinajstić information content (AvgIpc) is 2.63. The summed E-state index contributed by atoms with van der Waals surface area (Å²) in [4.78, 5) is 0. The zero-order valence-electron chi connectivity index (χ0n) is 11.1. The number of rotatable bonds is 5. The van der Waals surface area contributed by atoms with E-state index in [1.54, 1.807) is 12.1 Å². The maximum atomic E-state index is 13.0. The first-order valence-electron chi connectivity index (χ1n) is 7.30. The lowest BCUT2D eigenvalue weighted by Crippen LogP contribution is -2.24. The predicted octanol–water partition coefficient (Wildman–Crippen LogP) is 3.93. The largest absolute Gasteiger partial charge is 0.316 e. The lowest BCUT2D eigenvalue weighted by atomic mass is 10.0. The number of benzene rings is 1. The van der Waals surface area contributed by atoms with Crippen LogP contribution in [0.15, 0.2) is 24.3 Å². The summed E-state index contributed by atoms with van der Waals surface area (Å²) in [7, 11) is 0. The Morgan fingerprint density at radius 3 is 2.61 bits per heavy atom. The summed E-state index contributed by atoms with van der Waals surface area (Å²) in [6.45, 7) is 2.09. The Labute approximate surface area is 110 Å². The van der Waals surface area contributed by atoms with Crippen molar-refractivity contribution in [3.63, 3.8) is 0 Å². The van der Waals surface area contributed by atoms with Gasteiger partial charge in [-0.1, -0.05) is 37.8 Å². The fourth-order valence-corrected chi connectivity index (χ4v) is 2.80. The Hall–Kier alpha value is -0.890. The van der Waals surface area contributed by atoms with Gasteiger partial charge in [-0.15, -0.1) is 0 Å². The summed E-state index contributed by atoms with van der Waals surface area (Å²) in [6, 6.07) is 6.92. The summed E-state index contributed by atoms with van der Waals surface area (Å²) in [6.07, 6.45) is 9.32. The van der Waals surface area contributed by atoms with E-state index >= 15 is 0 Å². The van der Waals surface area contributed by atoms with E-state index in [4.69, 9.17) is 0 Å². The van der Waals surface area contributed by atoms with Crippen LogP contribution >= 0.6 is 0 Å². The van der Waals surface area contributed by atoms with Crippen molar-refractivity contribution in [3.05, 3.63) is 35.6 Å². The zero-order chi connectivity index (χ0) is 12.6. The number of hydrogen-bond acceptors (Lipinski definition) is 1. The zero-order valence-corrected chi connectivity index (χ0v) is 11.1. The van der Waals surface area contributed by atoms with E-state index in [-0.39, 0.29) is 5.82 Å². The highest BCUT2D eigenvalue weighted by Gasteiger charge is 2.11. The van der Waals surface area contributed by atoms with Gasteiger partial charge in [0.05, 0.1) is 0 Å². The molecule has 1 N–H and O–H groups in total. The molecule has 0 aromatic heterocycles. The van der Waals surface area contributed by atoms with E-state index < -0.39 is 0 Å². The van der Waals surface area contributed by atoms with Crippen molar-refractivity contribution in [3.8, 4) is 0 Å². The summed E-state index contributed by atoms with van der Waals surface area (Å²) in [5, 5.41) is 3.53. The molecule has 0 aliphatic heterocycles. The lowest BCUT2D eigenvalue weighted by Gasteiger charge is -2.14. The van der Waals surface area contributed by atoms with Gasteiger partial charge >= 0.3 is 0 Å². The van der Waals surface area contributed by atoms with Crippen LogP contribution in [0.1, 0.15) is 44.1 Å². The molecule has 1 aliphatic carbocycles. The smallest absolute Gasteiger partial charge is 0.123 e. The molecule has 1 aromatic rings. The van der Waals surface area contributed by atoms with Gasteiger partial charge in [0.1, 0.15) is 5.82 Å². The molecule has 1 fully saturated rings. The van der Waals surface area contributed by atoms with E-state index in [0.717, 1.165) is 31.0 Å². The van der Waals surface area contributed by atoms with Crippen LogP contribution in [0.2, 0.25) is 0 Å². The molecule has 0 amide bonds. The van der Waals surface area contributed by atoms with Gasteiger partial charge in [-0.25, -0.2) is 4.39 Å². The standard InChI is InChI=1S/C16H24FN/c17-16-9-5-8-14(12-16)10-11-18-13-15-6-3-1-2-4-7-15/h5,8-9,12,15,18H,1-4,6-7,10-11,13H2. The molecule has 18 heavy (non-hydrogen) atoms. The topological polar surface area (TPSA) is 12.0 Å². The van der Waals surface area contributed by atoms with Crippen LogP contribution < -0.4 is 5.32 Å². The van der Waals surface area contributed by atoms with E-state index in [1.165, 1.54) is 44.6 Å². The molecule has 0 saturated heterocycles. The SMILES string of the molecule is Fc1cccc(CCNCC2CCCCCC2)c1. The quantitative estimate of drug-likeness (QED) is 0.616. The van der Waals surface area contributed by atoms with Crippen molar-refractivity contribution >= 4 is 0 Å². The third kappa shape index (κ3) is 4.77. The van der Waals surface area contributed by atoms with Gasteiger partial charge < -0.3 is 5.32 Å². The second-order valence-corrected chi connectivity index (χ2v) is 5.44.